The summed E-state index contributed by atoms with van der Waals surface area (Å²) in [5.74, 6) is 0.513. The van der Waals surface area contributed by atoms with Gasteiger partial charge in [-0.15, -0.1) is 11.8 Å². The number of hydrogen-bond donors (Lipinski definition) is 1. The standard InChI is InChI=1S/C25H33ClN2O2S/c1-5-19(4)27-25(30)23(6-2)28(17-20-9-7-8-10-22(20)26)24(29)15-16-31-21-13-11-18(3)12-14-21/h7-14,19,23H,5-6,15-17H2,1-4H3,(H,27,30)/t19-,23+/m1/s1. The Labute approximate surface area is 195 Å². The summed E-state index contributed by atoms with van der Waals surface area (Å²) in [6, 6.07) is 15.3. The largest absolute Gasteiger partial charge is 0.352 e. The number of carbonyl (C=O) groups excluding carboxylic acids is 2. The number of aryl methyl sites for hydroxylation is 1. The lowest BCUT2D eigenvalue weighted by molar-refractivity contribution is -0.141. The van der Waals surface area contributed by atoms with Crippen LogP contribution < -0.4 is 5.32 Å². The number of benzene rings is 2. The van der Waals surface area contributed by atoms with Crippen molar-refractivity contribution in [1.29, 1.82) is 0 Å². The molecule has 31 heavy (non-hydrogen) atoms. The monoisotopic (exact) mass is 460 g/mol. The first-order valence-electron chi connectivity index (χ1n) is 10.9. The first kappa shape index (κ1) is 25.3. The van der Waals surface area contributed by atoms with Gasteiger partial charge in [-0.2, -0.15) is 0 Å². The zero-order valence-electron chi connectivity index (χ0n) is 18.9. The van der Waals surface area contributed by atoms with Gasteiger partial charge in [-0.1, -0.05) is 61.3 Å². The van der Waals surface area contributed by atoms with E-state index in [-0.39, 0.29) is 17.9 Å². The van der Waals surface area contributed by atoms with Crippen molar-refractivity contribution in [2.75, 3.05) is 5.75 Å². The smallest absolute Gasteiger partial charge is 0.243 e. The molecule has 2 aromatic rings. The van der Waals surface area contributed by atoms with E-state index in [0.717, 1.165) is 16.9 Å². The van der Waals surface area contributed by atoms with Crippen LogP contribution in [0.1, 0.15) is 51.2 Å². The van der Waals surface area contributed by atoms with Crippen LogP contribution in [-0.4, -0.2) is 34.6 Å². The van der Waals surface area contributed by atoms with E-state index in [0.29, 0.717) is 30.2 Å². The average Bonchev–Trinajstić information content (AvgIpc) is 2.76. The number of halogens is 1. The molecule has 168 valence electrons. The topological polar surface area (TPSA) is 49.4 Å². The Hall–Kier alpha value is -1.98. The van der Waals surface area contributed by atoms with Crippen LogP contribution in [-0.2, 0) is 16.1 Å². The molecule has 1 N–H and O–H groups in total. The summed E-state index contributed by atoms with van der Waals surface area (Å²) in [4.78, 5) is 29.0. The highest BCUT2D eigenvalue weighted by Gasteiger charge is 2.29. The van der Waals surface area contributed by atoms with E-state index in [9.17, 15) is 9.59 Å². The van der Waals surface area contributed by atoms with Crippen molar-refractivity contribution < 1.29 is 9.59 Å². The first-order chi connectivity index (χ1) is 14.8. The molecular formula is C25H33ClN2O2S. The van der Waals surface area contributed by atoms with E-state index in [1.807, 2.05) is 45.0 Å². The van der Waals surface area contributed by atoms with E-state index in [1.54, 1.807) is 16.7 Å². The third kappa shape index (κ3) is 7.89. The molecule has 0 radical (unpaired) electrons. The molecule has 6 heteroatoms. The van der Waals surface area contributed by atoms with Gasteiger partial charge in [0.25, 0.3) is 0 Å². The summed E-state index contributed by atoms with van der Waals surface area (Å²) < 4.78 is 0. The zero-order valence-corrected chi connectivity index (χ0v) is 20.4. The third-order valence-electron chi connectivity index (χ3n) is 5.29. The van der Waals surface area contributed by atoms with E-state index < -0.39 is 6.04 Å². The molecule has 4 nitrogen and oxygen atoms in total. The number of hydrogen-bond acceptors (Lipinski definition) is 3. The Morgan fingerprint density at radius 3 is 2.35 bits per heavy atom. The van der Waals surface area contributed by atoms with Crippen LogP contribution in [0, 0.1) is 6.92 Å². The maximum Gasteiger partial charge on any atom is 0.243 e. The molecule has 0 aromatic heterocycles. The molecule has 2 amide bonds. The highest BCUT2D eigenvalue weighted by molar-refractivity contribution is 7.99. The minimum atomic E-state index is -0.526. The number of rotatable bonds is 11. The van der Waals surface area contributed by atoms with Gasteiger partial charge >= 0.3 is 0 Å². The molecule has 0 unspecified atom stereocenters. The minimum Gasteiger partial charge on any atom is -0.352 e. The van der Waals surface area contributed by atoms with E-state index >= 15 is 0 Å². The van der Waals surface area contributed by atoms with Gasteiger partial charge in [0.05, 0.1) is 0 Å². The lowest BCUT2D eigenvalue weighted by atomic mass is 10.1. The Kier molecular flexibility index (Phi) is 10.4. The van der Waals surface area contributed by atoms with Crippen LogP contribution in [0.4, 0.5) is 0 Å². The molecule has 2 aromatic carbocycles. The lowest BCUT2D eigenvalue weighted by Crippen LogP contribution is -2.50. The summed E-state index contributed by atoms with van der Waals surface area (Å²) in [5.41, 5.74) is 2.06. The van der Waals surface area contributed by atoms with E-state index in [1.165, 1.54) is 5.56 Å². The van der Waals surface area contributed by atoms with Crippen molar-refractivity contribution >= 4 is 35.2 Å². The molecule has 0 aliphatic heterocycles. The van der Waals surface area contributed by atoms with Gasteiger partial charge in [-0.25, -0.2) is 0 Å². The Morgan fingerprint density at radius 1 is 1.06 bits per heavy atom. The maximum atomic E-state index is 13.3. The second-order valence-corrected chi connectivity index (χ2v) is 9.34. The Bertz CT molecular complexity index is 857. The SMILES string of the molecule is CC[C@@H](C)NC(=O)[C@H](CC)N(Cc1ccccc1Cl)C(=O)CCSc1ccc(C)cc1. The van der Waals surface area contributed by atoms with Gasteiger partial charge in [-0.3, -0.25) is 9.59 Å². The van der Waals surface area contributed by atoms with Gasteiger partial charge < -0.3 is 10.2 Å². The summed E-state index contributed by atoms with van der Waals surface area (Å²) >= 11 is 8.01. The van der Waals surface area contributed by atoms with Crippen LogP contribution in [0.3, 0.4) is 0 Å². The lowest BCUT2D eigenvalue weighted by Gasteiger charge is -2.31. The van der Waals surface area contributed by atoms with E-state index in [2.05, 4.69) is 36.5 Å². The summed E-state index contributed by atoms with van der Waals surface area (Å²) in [6.07, 6.45) is 1.74. The molecule has 0 saturated carbocycles. The molecule has 0 fully saturated rings. The number of thioether (sulfide) groups is 1. The molecular weight excluding hydrogens is 428 g/mol. The molecule has 0 heterocycles. The van der Waals surface area contributed by atoms with Gasteiger partial charge in [0.15, 0.2) is 0 Å². The van der Waals surface area contributed by atoms with Crippen LogP contribution in [0.2, 0.25) is 5.02 Å². The number of carbonyl (C=O) groups is 2. The van der Waals surface area contributed by atoms with Crippen molar-refractivity contribution in [3.63, 3.8) is 0 Å². The summed E-state index contributed by atoms with van der Waals surface area (Å²) in [5, 5.41) is 3.64. The normalized spacial score (nSPS) is 12.8. The zero-order chi connectivity index (χ0) is 22.8. The first-order valence-corrected chi connectivity index (χ1v) is 12.2. The molecule has 0 spiro atoms. The quantitative estimate of drug-likeness (QED) is 0.427. The van der Waals surface area contributed by atoms with Crippen molar-refractivity contribution in [3.05, 3.63) is 64.7 Å². The predicted octanol–water partition coefficient (Wildman–Crippen LogP) is 5.85. The van der Waals surface area contributed by atoms with Crippen LogP contribution >= 0.6 is 23.4 Å². The van der Waals surface area contributed by atoms with Gasteiger partial charge in [0.2, 0.25) is 11.8 Å². The molecule has 2 rings (SSSR count). The van der Waals surface area contributed by atoms with Crippen LogP contribution in [0.15, 0.2) is 53.4 Å². The summed E-state index contributed by atoms with van der Waals surface area (Å²) in [7, 11) is 0. The Balaban J connectivity index is 2.14. The van der Waals surface area contributed by atoms with Crippen LogP contribution in [0.25, 0.3) is 0 Å². The summed E-state index contributed by atoms with van der Waals surface area (Å²) in [6.45, 7) is 8.32. The van der Waals surface area contributed by atoms with Gasteiger partial charge in [0, 0.05) is 34.7 Å². The number of nitrogens with one attached hydrogen (secondary N) is 1. The molecule has 0 aliphatic carbocycles. The molecule has 0 bridgehead atoms. The minimum absolute atomic E-state index is 0.0364. The fourth-order valence-corrected chi connectivity index (χ4v) is 4.24. The second-order valence-electron chi connectivity index (χ2n) is 7.77. The van der Waals surface area contributed by atoms with Gasteiger partial charge in [0.1, 0.15) is 6.04 Å². The van der Waals surface area contributed by atoms with E-state index in [4.69, 9.17) is 11.6 Å². The molecule has 0 aliphatic rings. The van der Waals surface area contributed by atoms with Crippen molar-refractivity contribution in [2.24, 2.45) is 0 Å². The highest BCUT2D eigenvalue weighted by Crippen LogP contribution is 2.23. The van der Waals surface area contributed by atoms with Crippen molar-refractivity contribution in [1.82, 2.24) is 10.2 Å². The predicted molar refractivity (Wildman–Crippen MR) is 130 cm³/mol. The van der Waals surface area contributed by atoms with Crippen molar-refractivity contribution in [2.45, 2.75) is 70.5 Å². The van der Waals surface area contributed by atoms with Crippen LogP contribution in [0.5, 0.6) is 0 Å². The number of nitrogens with zero attached hydrogens (tertiary/aromatic N) is 1. The maximum absolute atomic E-state index is 13.3. The fraction of sp³-hybridized carbons (Fsp3) is 0.440. The molecule has 2 atom stereocenters. The number of amides is 2. The third-order valence-corrected chi connectivity index (χ3v) is 6.67. The molecule has 0 saturated heterocycles. The average molecular weight is 461 g/mol. The fourth-order valence-electron chi connectivity index (χ4n) is 3.21. The van der Waals surface area contributed by atoms with Crippen molar-refractivity contribution in [3.8, 4) is 0 Å². The Morgan fingerprint density at radius 2 is 1.74 bits per heavy atom. The highest BCUT2D eigenvalue weighted by atomic mass is 35.5. The van der Waals surface area contributed by atoms with Gasteiger partial charge in [-0.05, 0) is 50.5 Å². The second kappa shape index (κ2) is 12.8.